The van der Waals surface area contributed by atoms with Gasteiger partial charge in [0.05, 0.1) is 38.3 Å². The summed E-state index contributed by atoms with van der Waals surface area (Å²) in [7, 11) is 5.08. The monoisotopic (exact) mass is 584 g/mol. The van der Waals surface area contributed by atoms with Gasteiger partial charge in [0.15, 0.2) is 12.9 Å². The molecule has 2 aliphatic heterocycles. The molecule has 2 aromatic rings. The summed E-state index contributed by atoms with van der Waals surface area (Å²) in [6.45, 7) is 6.42. The third-order valence-electron chi connectivity index (χ3n) is 9.30. The zero-order valence-electron chi connectivity index (χ0n) is 25.1. The van der Waals surface area contributed by atoms with Gasteiger partial charge in [0, 0.05) is 25.2 Å². The Morgan fingerprint density at radius 3 is 2.45 bits per heavy atom. The zero-order chi connectivity index (χ0) is 30.2. The number of aliphatic hydroxyl groups excluding tert-OH is 1. The molecule has 228 valence electrons. The summed E-state index contributed by atoms with van der Waals surface area (Å²) in [5, 5.41) is 24.0. The maximum atomic E-state index is 13.0. The van der Waals surface area contributed by atoms with Crippen LogP contribution < -0.4 is 14.2 Å². The van der Waals surface area contributed by atoms with Crippen molar-refractivity contribution < 1.29 is 48.2 Å². The van der Waals surface area contributed by atoms with Gasteiger partial charge in [-0.1, -0.05) is 62.8 Å². The standard InChI is InChI=1S/C31H41BO10/c1-7-18(8-2)32-22-16-39-28(38-6)29(41-22)40-19-14-20(36-4)25-21(15-19)42-30(3)24(17-12-10-9-11-13-17)23(27(34)37-5)26(33)31(25,30)35/h9-15,18,22-24,26,28-29,32-33,35H,7-8,16H2,1-6H3/t22?,23-,24-,26-,28-,29-,30+,31+/m1/s1. The van der Waals surface area contributed by atoms with E-state index in [9.17, 15) is 15.0 Å². The first kappa shape index (κ1) is 30.6. The van der Waals surface area contributed by atoms with Gasteiger partial charge in [0.1, 0.15) is 29.0 Å². The fraction of sp³-hybridized carbons (Fsp3) is 0.581. The number of methoxy groups -OCH3 is 3. The molecule has 8 atom stereocenters. The normalized spacial score (nSPS) is 33.5. The molecule has 0 aromatic heterocycles. The lowest BCUT2D eigenvalue weighted by molar-refractivity contribution is -0.299. The van der Waals surface area contributed by atoms with Crippen molar-refractivity contribution in [2.45, 2.75) is 81.2 Å². The minimum absolute atomic E-state index is 0.158. The molecule has 5 rings (SSSR count). The Labute approximate surface area is 247 Å². The molecule has 1 unspecified atom stereocenters. The van der Waals surface area contributed by atoms with Crippen LogP contribution in [0.3, 0.4) is 0 Å². The van der Waals surface area contributed by atoms with Gasteiger partial charge in [0.2, 0.25) is 6.29 Å². The Bertz CT molecular complexity index is 1260. The molecule has 2 N–H and O–H groups in total. The van der Waals surface area contributed by atoms with Gasteiger partial charge >= 0.3 is 5.97 Å². The average Bonchev–Trinajstić information content (AvgIpc) is 3.34. The van der Waals surface area contributed by atoms with Gasteiger partial charge < -0.3 is 43.4 Å². The number of esters is 1. The van der Waals surface area contributed by atoms with Crippen molar-refractivity contribution in [1.29, 1.82) is 0 Å². The van der Waals surface area contributed by atoms with E-state index in [0.29, 0.717) is 23.7 Å². The van der Waals surface area contributed by atoms with Gasteiger partial charge in [-0.05, 0) is 12.5 Å². The van der Waals surface area contributed by atoms with E-state index in [0.717, 1.165) is 20.1 Å². The largest absolute Gasteiger partial charge is 0.496 e. The van der Waals surface area contributed by atoms with Gasteiger partial charge in [-0.2, -0.15) is 0 Å². The summed E-state index contributed by atoms with van der Waals surface area (Å²) in [5.41, 5.74) is -2.52. The maximum absolute atomic E-state index is 13.0. The molecular weight excluding hydrogens is 543 g/mol. The third kappa shape index (κ3) is 4.85. The SMILES string of the molecule is CCC(BC1CO[C@@H](OC)[C@H](Oc2cc(OC)c3c(c2)O[C@@]2(C)[C@H](c4ccccc4)[C@@H](C(=O)OC)[C@@H](O)[C@@]32O)O1)CC. The Kier molecular flexibility index (Phi) is 8.79. The topological polar surface area (TPSA) is 122 Å². The van der Waals surface area contributed by atoms with Crippen molar-refractivity contribution in [3.05, 3.63) is 53.6 Å². The summed E-state index contributed by atoms with van der Waals surface area (Å²) >= 11 is 0. The Morgan fingerprint density at radius 2 is 1.83 bits per heavy atom. The molecule has 1 saturated heterocycles. The fourth-order valence-electron chi connectivity index (χ4n) is 7.01. The van der Waals surface area contributed by atoms with Crippen LogP contribution >= 0.6 is 0 Å². The number of fused-ring (bicyclic) bond motifs is 3. The predicted molar refractivity (Wildman–Crippen MR) is 154 cm³/mol. The molecule has 2 fully saturated rings. The van der Waals surface area contributed by atoms with Gasteiger partial charge in [-0.3, -0.25) is 4.79 Å². The second kappa shape index (κ2) is 12.0. The third-order valence-corrected chi connectivity index (χ3v) is 9.30. The van der Waals surface area contributed by atoms with E-state index in [1.54, 1.807) is 19.1 Å². The predicted octanol–water partition coefficient (Wildman–Crippen LogP) is 3.08. The highest BCUT2D eigenvalue weighted by Gasteiger charge is 2.75. The number of benzene rings is 2. The van der Waals surface area contributed by atoms with Crippen LogP contribution in [-0.4, -0.2) is 81.7 Å². The molecule has 3 aliphatic rings. The maximum Gasteiger partial charge on any atom is 0.312 e. The van der Waals surface area contributed by atoms with E-state index in [-0.39, 0.29) is 23.1 Å². The van der Waals surface area contributed by atoms with E-state index in [1.165, 1.54) is 21.3 Å². The van der Waals surface area contributed by atoms with Crippen LogP contribution in [0.4, 0.5) is 0 Å². The quantitative estimate of drug-likeness (QED) is 0.318. The Morgan fingerprint density at radius 1 is 1.12 bits per heavy atom. The number of carbonyl (C=O) groups is 1. The van der Waals surface area contributed by atoms with Crippen LogP contribution in [0.15, 0.2) is 42.5 Å². The summed E-state index contributed by atoms with van der Waals surface area (Å²) < 4.78 is 41.3. The summed E-state index contributed by atoms with van der Waals surface area (Å²) in [4.78, 5) is 13.0. The van der Waals surface area contributed by atoms with Crippen LogP contribution in [-0.2, 0) is 29.3 Å². The highest BCUT2D eigenvalue weighted by atomic mass is 16.8. The lowest BCUT2D eigenvalue weighted by atomic mass is 9.57. The second-order valence-corrected chi connectivity index (χ2v) is 11.5. The Hall–Kier alpha value is -2.83. The molecule has 1 aliphatic carbocycles. The van der Waals surface area contributed by atoms with E-state index in [4.69, 9.17) is 33.2 Å². The van der Waals surface area contributed by atoms with Gasteiger partial charge in [0.25, 0.3) is 6.29 Å². The molecule has 2 aromatic carbocycles. The van der Waals surface area contributed by atoms with Crippen molar-refractivity contribution in [1.82, 2.24) is 0 Å². The lowest BCUT2D eigenvalue weighted by Crippen LogP contribution is -2.52. The van der Waals surface area contributed by atoms with E-state index in [1.807, 2.05) is 30.3 Å². The van der Waals surface area contributed by atoms with Crippen molar-refractivity contribution in [3.63, 3.8) is 0 Å². The molecule has 2 heterocycles. The van der Waals surface area contributed by atoms with Crippen molar-refractivity contribution in [2.75, 3.05) is 27.9 Å². The molecule has 0 amide bonds. The van der Waals surface area contributed by atoms with Gasteiger partial charge in [-0.15, -0.1) is 0 Å². The van der Waals surface area contributed by atoms with Crippen molar-refractivity contribution in [2.24, 2.45) is 5.92 Å². The van der Waals surface area contributed by atoms with E-state index < -0.39 is 47.7 Å². The van der Waals surface area contributed by atoms with Crippen molar-refractivity contribution >= 4 is 13.2 Å². The number of rotatable bonds is 10. The molecule has 11 heteroatoms. The molecule has 0 bridgehead atoms. The number of hydrogen-bond acceptors (Lipinski definition) is 10. The first-order valence-corrected chi connectivity index (χ1v) is 14.6. The number of ether oxygens (including phenoxy) is 7. The van der Waals surface area contributed by atoms with E-state index in [2.05, 4.69) is 13.8 Å². The minimum Gasteiger partial charge on any atom is -0.496 e. The molecule has 1 saturated carbocycles. The highest BCUT2D eigenvalue weighted by Crippen LogP contribution is 2.66. The number of hydrogen-bond donors (Lipinski definition) is 2. The first-order chi connectivity index (χ1) is 20.2. The van der Waals surface area contributed by atoms with Crippen LogP contribution in [0, 0.1) is 5.92 Å². The lowest BCUT2D eigenvalue weighted by Gasteiger charge is -2.37. The van der Waals surface area contributed by atoms with Gasteiger partial charge in [-0.25, -0.2) is 0 Å². The molecule has 42 heavy (non-hydrogen) atoms. The fourth-order valence-corrected chi connectivity index (χ4v) is 7.01. The summed E-state index contributed by atoms with van der Waals surface area (Å²) in [5.74, 6) is -1.15. The summed E-state index contributed by atoms with van der Waals surface area (Å²) in [6, 6.07) is 12.3. The molecule has 0 radical (unpaired) electrons. The van der Waals surface area contributed by atoms with Crippen LogP contribution in [0.25, 0.3) is 0 Å². The van der Waals surface area contributed by atoms with Crippen LogP contribution in [0.2, 0.25) is 5.82 Å². The zero-order valence-corrected chi connectivity index (χ0v) is 25.1. The Balaban J connectivity index is 1.51. The van der Waals surface area contributed by atoms with Crippen molar-refractivity contribution in [3.8, 4) is 17.2 Å². The van der Waals surface area contributed by atoms with Crippen LogP contribution in [0.1, 0.15) is 50.7 Å². The highest BCUT2D eigenvalue weighted by molar-refractivity contribution is 6.39. The van der Waals surface area contributed by atoms with E-state index >= 15 is 0 Å². The summed E-state index contributed by atoms with van der Waals surface area (Å²) in [6.07, 6.45) is -1.08. The number of carbonyl (C=O) groups excluding carboxylic acids is 1. The molecular formula is C31H41BO10. The first-order valence-electron chi connectivity index (χ1n) is 14.6. The molecule has 10 nitrogen and oxygen atoms in total. The minimum atomic E-state index is -2.01. The smallest absolute Gasteiger partial charge is 0.312 e. The average molecular weight is 584 g/mol. The number of aliphatic hydroxyl groups is 2. The van der Waals surface area contributed by atoms with Crippen LogP contribution in [0.5, 0.6) is 17.2 Å². The molecule has 0 spiro atoms. The second-order valence-electron chi connectivity index (χ2n) is 11.5.